The van der Waals surface area contributed by atoms with Crippen molar-refractivity contribution in [2.45, 2.75) is 229 Å². The normalized spacial score (nSPS) is 26.5. The highest BCUT2D eigenvalue weighted by molar-refractivity contribution is 5.71. The third-order valence-electron chi connectivity index (χ3n) is 11.8. The van der Waals surface area contributed by atoms with E-state index in [-0.39, 0.29) is 19.4 Å². The number of unbranched alkanes of at least 4 members (excludes halogenated alkanes) is 15. The number of allylic oxidation sites excluding steroid dienone is 9. The van der Waals surface area contributed by atoms with Gasteiger partial charge in [0.2, 0.25) is 0 Å². The fourth-order valence-corrected chi connectivity index (χ4v) is 7.64. The average molecular weight is 953 g/mol. The average Bonchev–Trinajstić information content (AvgIpc) is 3.32. The maximum atomic E-state index is 12.9. The molecular weight excluding hydrogens is 865 g/mol. The van der Waals surface area contributed by atoms with Crippen molar-refractivity contribution in [1.82, 2.24) is 0 Å². The van der Waals surface area contributed by atoms with E-state index < -0.39 is 99.3 Å². The molecule has 2 heterocycles. The van der Waals surface area contributed by atoms with Crippen LogP contribution in [0.4, 0.5) is 0 Å². The SMILES string of the molecule is CC/C=C\C/C=C\C/C=C\C/C=C\C/C=C\CC(=O)OC(COC(=O)CCCCCCCCCCCCCCCCCC)COC1OC(COC2OC(CO)C(O)C(O)C2O)C(O)C(O)C1O. The van der Waals surface area contributed by atoms with Crippen molar-refractivity contribution in [2.75, 3.05) is 26.4 Å². The quantitative estimate of drug-likeness (QED) is 0.0190. The first-order valence-corrected chi connectivity index (χ1v) is 25.4. The summed E-state index contributed by atoms with van der Waals surface area (Å²) in [6.07, 6.45) is 27.1. The molecule has 386 valence electrons. The van der Waals surface area contributed by atoms with Crippen LogP contribution in [0.2, 0.25) is 0 Å². The van der Waals surface area contributed by atoms with E-state index in [0.29, 0.717) is 12.8 Å². The molecule has 15 heteroatoms. The molecule has 0 amide bonds. The van der Waals surface area contributed by atoms with Crippen LogP contribution in [0, 0.1) is 0 Å². The second-order valence-corrected chi connectivity index (χ2v) is 17.6. The molecule has 0 aliphatic carbocycles. The van der Waals surface area contributed by atoms with Crippen LogP contribution in [0.5, 0.6) is 0 Å². The Hall–Kier alpha value is -2.80. The number of rotatable bonds is 38. The van der Waals surface area contributed by atoms with Gasteiger partial charge in [-0.3, -0.25) is 9.59 Å². The molecule has 15 nitrogen and oxygen atoms in total. The molecule has 2 rings (SSSR count). The molecular formula is C52H88O15. The number of hydrogen-bond donors (Lipinski definition) is 7. The van der Waals surface area contributed by atoms with E-state index in [1.807, 2.05) is 18.2 Å². The van der Waals surface area contributed by atoms with Crippen LogP contribution in [0.15, 0.2) is 60.8 Å². The molecule has 0 saturated carbocycles. The smallest absolute Gasteiger partial charge is 0.310 e. The van der Waals surface area contributed by atoms with Crippen LogP contribution in [-0.2, 0) is 38.0 Å². The first-order chi connectivity index (χ1) is 32.5. The number of carbonyl (C=O) groups is 2. The molecule has 0 aromatic heterocycles. The Kier molecular flexibility index (Phi) is 35.1. The van der Waals surface area contributed by atoms with Gasteiger partial charge in [-0.05, 0) is 38.5 Å². The van der Waals surface area contributed by atoms with E-state index >= 15 is 0 Å². The predicted octanol–water partition coefficient (Wildman–Crippen LogP) is 6.88. The van der Waals surface area contributed by atoms with Crippen LogP contribution < -0.4 is 0 Å². The molecule has 2 aliphatic rings. The Morgan fingerprint density at radius 2 is 0.925 bits per heavy atom. The van der Waals surface area contributed by atoms with Crippen molar-refractivity contribution < 1.29 is 73.8 Å². The Bertz CT molecular complexity index is 1400. The van der Waals surface area contributed by atoms with Gasteiger partial charge in [-0.2, -0.15) is 0 Å². The monoisotopic (exact) mass is 953 g/mol. The summed E-state index contributed by atoms with van der Waals surface area (Å²) in [6, 6.07) is 0. The van der Waals surface area contributed by atoms with Crippen molar-refractivity contribution in [3.8, 4) is 0 Å². The van der Waals surface area contributed by atoms with E-state index in [9.17, 15) is 45.3 Å². The van der Waals surface area contributed by atoms with Crippen molar-refractivity contribution in [1.29, 1.82) is 0 Å². The second kappa shape index (κ2) is 39.0. The molecule has 11 atom stereocenters. The largest absolute Gasteiger partial charge is 0.462 e. The lowest BCUT2D eigenvalue weighted by Gasteiger charge is -2.42. The minimum Gasteiger partial charge on any atom is -0.462 e. The summed E-state index contributed by atoms with van der Waals surface area (Å²) in [7, 11) is 0. The maximum Gasteiger partial charge on any atom is 0.310 e. The van der Waals surface area contributed by atoms with E-state index in [1.165, 1.54) is 77.0 Å². The lowest BCUT2D eigenvalue weighted by atomic mass is 9.98. The van der Waals surface area contributed by atoms with Gasteiger partial charge in [0, 0.05) is 6.42 Å². The molecule has 0 aromatic rings. The third-order valence-corrected chi connectivity index (χ3v) is 11.8. The molecule has 11 unspecified atom stereocenters. The van der Waals surface area contributed by atoms with E-state index in [4.69, 9.17) is 28.4 Å². The summed E-state index contributed by atoms with van der Waals surface area (Å²) in [5, 5.41) is 72.0. The van der Waals surface area contributed by atoms with Gasteiger partial charge in [-0.25, -0.2) is 0 Å². The van der Waals surface area contributed by atoms with Crippen LogP contribution in [0.1, 0.15) is 162 Å². The number of ether oxygens (including phenoxy) is 6. The van der Waals surface area contributed by atoms with E-state index in [2.05, 4.69) is 50.3 Å². The van der Waals surface area contributed by atoms with Crippen LogP contribution >= 0.6 is 0 Å². The molecule has 2 saturated heterocycles. The van der Waals surface area contributed by atoms with Crippen LogP contribution in [-0.4, -0.2) is 142 Å². The highest BCUT2D eigenvalue weighted by Gasteiger charge is 2.47. The fourth-order valence-electron chi connectivity index (χ4n) is 7.64. The molecule has 2 aliphatic heterocycles. The zero-order valence-electron chi connectivity index (χ0n) is 40.6. The van der Waals surface area contributed by atoms with E-state index in [1.54, 1.807) is 6.08 Å². The second-order valence-electron chi connectivity index (χ2n) is 17.6. The van der Waals surface area contributed by atoms with Gasteiger partial charge in [-0.1, -0.05) is 171 Å². The lowest BCUT2D eigenvalue weighted by Crippen LogP contribution is -2.61. The van der Waals surface area contributed by atoms with Gasteiger partial charge in [0.05, 0.1) is 26.2 Å². The maximum absolute atomic E-state index is 12.9. The molecule has 67 heavy (non-hydrogen) atoms. The Morgan fingerprint density at radius 1 is 0.493 bits per heavy atom. The zero-order chi connectivity index (χ0) is 48.9. The third kappa shape index (κ3) is 27.3. The van der Waals surface area contributed by atoms with Gasteiger partial charge in [-0.15, -0.1) is 0 Å². The first kappa shape index (κ1) is 60.3. The van der Waals surface area contributed by atoms with E-state index in [0.717, 1.165) is 44.9 Å². The molecule has 7 N–H and O–H groups in total. The molecule has 0 spiro atoms. The first-order valence-electron chi connectivity index (χ1n) is 25.4. The van der Waals surface area contributed by atoms with Gasteiger partial charge >= 0.3 is 11.9 Å². The van der Waals surface area contributed by atoms with Crippen molar-refractivity contribution >= 4 is 11.9 Å². The van der Waals surface area contributed by atoms with Crippen LogP contribution in [0.3, 0.4) is 0 Å². The standard InChI is InChI=1S/C52H88O15/c1-3-5-7-9-11-13-15-17-19-21-22-24-26-28-30-32-34-43(54)62-37-40(65-44(55)35-33-31-29-27-25-23-20-18-16-14-12-10-8-6-4-2)38-63-51-50(61)48(59)46(57)42(67-51)39-64-52-49(60)47(58)45(56)41(36-53)66-52/h6,8,12,14,18,20,25,27,31,33,40-42,45-53,56-61H,3-5,7,9-11,13,15-17,19,21-24,26,28-30,32,34-39H2,1-2H3/b8-6-,14-12-,20-18-,27-25-,33-31-. The summed E-state index contributed by atoms with van der Waals surface area (Å²) >= 11 is 0. The van der Waals surface area contributed by atoms with Crippen molar-refractivity contribution in [2.24, 2.45) is 0 Å². The minimum atomic E-state index is -1.78. The van der Waals surface area contributed by atoms with Crippen molar-refractivity contribution in [3.05, 3.63) is 60.8 Å². The number of aliphatic hydroxyl groups is 7. The van der Waals surface area contributed by atoms with Gasteiger partial charge in [0.1, 0.15) is 55.4 Å². The Labute approximate surface area is 400 Å². The molecule has 2 fully saturated rings. The number of aliphatic hydroxyl groups excluding tert-OH is 7. The van der Waals surface area contributed by atoms with Crippen LogP contribution in [0.25, 0.3) is 0 Å². The molecule has 0 aromatic carbocycles. The molecule has 0 radical (unpaired) electrons. The number of hydrogen-bond acceptors (Lipinski definition) is 15. The Balaban J connectivity index is 1.85. The summed E-state index contributed by atoms with van der Waals surface area (Å²) in [5.74, 6) is -1.07. The Morgan fingerprint density at radius 3 is 1.42 bits per heavy atom. The van der Waals surface area contributed by atoms with Gasteiger partial charge < -0.3 is 64.2 Å². The van der Waals surface area contributed by atoms with Crippen molar-refractivity contribution in [3.63, 3.8) is 0 Å². The number of carbonyl (C=O) groups excluding carboxylic acids is 2. The summed E-state index contributed by atoms with van der Waals surface area (Å²) in [6.45, 7) is 2.37. The van der Waals surface area contributed by atoms with Gasteiger partial charge in [0.25, 0.3) is 0 Å². The lowest BCUT2D eigenvalue weighted by molar-refractivity contribution is -0.332. The summed E-state index contributed by atoms with van der Waals surface area (Å²) < 4.78 is 33.4. The highest BCUT2D eigenvalue weighted by Crippen LogP contribution is 2.26. The zero-order valence-corrected chi connectivity index (χ0v) is 40.6. The van der Waals surface area contributed by atoms with Gasteiger partial charge in [0.15, 0.2) is 18.7 Å². The molecule has 0 bridgehead atoms. The summed E-state index contributed by atoms with van der Waals surface area (Å²) in [4.78, 5) is 25.7. The topological polar surface area (TPSA) is 231 Å². The fraction of sp³-hybridized carbons (Fsp3) is 0.769. The summed E-state index contributed by atoms with van der Waals surface area (Å²) in [5.41, 5.74) is 0. The minimum absolute atomic E-state index is 0.0675. The number of esters is 2. The highest BCUT2D eigenvalue weighted by atomic mass is 16.7. The predicted molar refractivity (Wildman–Crippen MR) is 256 cm³/mol.